The predicted octanol–water partition coefficient (Wildman–Crippen LogP) is 1.69. The van der Waals surface area contributed by atoms with Crippen LogP contribution in [0.2, 0.25) is 5.28 Å². The lowest BCUT2D eigenvalue weighted by Gasteiger charge is -2.03. The maximum absolute atomic E-state index is 5.49. The van der Waals surface area contributed by atoms with Crippen LogP contribution in [-0.4, -0.2) is 27.0 Å². The predicted molar refractivity (Wildman–Crippen MR) is 37.5 cm³/mol. The molecule has 1 nitrogen and oxygen atoms in total. The average molecular weight is 150 g/mol. The summed E-state index contributed by atoms with van der Waals surface area (Å²) in [4.78, 5) is 0. The standard InChI is InChI=1S/C5H11O.Al.ClH/c1-4-6-5(2)3;;/h5H,1,4H2,2-3H3;;1H/q;+1;/p-1. The molecule has 0 fully saturated rings. The van der Waals surface area contributed by atoms with E-state index in [0.29, 0.717) is 6.10 Å². The third-order valence-corrected chi connectivity index (χ3v) is 1.79. The molecule has 0 aliphatic rings. The van der Waals surface area contributed by atoms with Gasteiger partial charge in [-0.3, -0.25) is 10.0 Å². The van der Waals surface area contributed by atoms with Crippen LogP contribution >= 0.6 is 10.0 Å². The van der Waals surface area contributed by atoms with Crippen molar-refractivity contribution in [3.05, 3.63) is 0 Å². The zero-order chi connectivity index (χ0) is 6.41. The van der Waals surface area contributed by atoms with Crippen molar-refractivity contribution in [3.63, 3.8) is 0 Å². The van der Waals surface area contributed by atoms with Crippen molar-refractivity contribution in [2.45, 2.75) is 25.2 Å². The number of ether oxygens (including phenoxy) is 1. The zero-order valence-electron chi connectivity index (χ0n) is 5.36. The van der Waals surface area contributed by atoms with Gasteiger partial charge in [0.2, 0.25) is 0 Å². The van der Waals surface area contributed by atoms with Crippen molar-refractivity contribution >= 4 is 24.3 Å². The van der Waals surface area contributed by atoms with Gasteiger partial charge in [-0.15, -0.1) is 0 Å². The third-order valence-electron chi connectivity index (χ3n) is 0.678. The molecule has 0 amide bonds. The van der Waals surface area contributed by atoms with Crippen molar-refractivity contribution in [1.29, 1.82) is 0 Å². The van der Waals surface area contributed by atoms with Crippen LogP contribution in [-0.2, 0) is 4.74 Å². The van der Waals surface area contributed by atoms with Gasteiger partial charge in [0.25, 0.3) is 0 Å². The molecule has 0 saturated carbocycles. The minimum absolute atomic E-state index is 0.111. The van der Waals surface area contributed by atoms with E-state index in [1.54, 1.807) is 0 Å². The lowest BCUT2D eigenvalue weighted by atomic mass is 10.5. The fourth-order valence-corrected chi connectivity index (χ4v) is 0.841. The molecule has 0 spiro atoms. The van der Waals surface area contributed by atoms with E-state index in [2.05, 4.69) is 0 Å². The maximum atomic E-state index is 5.49. The highest BCUT2D eigenvalue weighted by Crippen LogP contribution is 1.90. The molecular formula is C5H11AlClO. The number of rotatable bonds is 4. The topological polar surface area (TPSA) is 9.23 Å². The molecule has 0 aliphatic carbocycles. The number of hydrogen-bond acceptors (Lipinski definition) is 1. The third kappa shape index (κ3) is 6.78. The summed E-state index contributed by atoms with van der Waals surface area (Å²) in [5.74, 6) is 0. The smallest absolute Gasteiger partial charge is 0.358 e. The van der Waals surface area contributed by atoms with Crippen molar-refractivity contribution in [2.75, 3.05) is 6.61 Å². The summed E-state index contributed by atoms with van der Waals surface area (Å²) in [6, 6.07) is 0. The SMILES string of the molecule is CC(C)OC[CH2][Al][Cl]. The van der Waals surface area contributed by atoms with Crippen molar-refractivity contribution < 1.29 is 4.74 Å². The van der Waals surface area contributed by atoms with Gasteiger partial charge in [-0.05, 0) is 13.8 Å². The molecule has 3 heteroatoms. The Kier molecular flexibility index (Phi) is 6.49. The normalized spacial score (nSPS) is 10.0. The van der Waals surface area contributed by atoms with Crippen LogP contribution < -0.4 is 0 Å². The summed E-state index contributed by atoms with van der Waals surface area (Å²) >= 11 is 0.111. The van der Waals surface area contributed by atoms with Gasteiger partial charge in [0.1, 0.15) is 0 Å². The second-order valence-electron chi connectivity index (χ2n) is 1.86. The van der Waals surface area contributed by atoms with E-state index >= 15 is 0 Å². The maximum Gasteiger partial charge on any atom is 0.358 e. The fourth-order valence-electron chi connectivity index (χ4n) is 0.348. The Morgan fingerprint density at radius 1 is 1.62 bits per heavy atom. The summed E-state index contributed by atoms with van der Waals surface area (Å²) in [5, 5.41) is 1.04. The van der Waals surface area contributed by atoms with Gasteiger partial charge in [-0.2, -0.15) is 0 Å². The van der Waals surface area contributed by atoms with Gasteiger partial charge >= 0.3 is 14.3 Å². The molecule has 0 aromatic carbocycles. The Hall–Kier alpha value is 0.782. The molecule has 0 rings (SSSR count). The van der Waals surface area contributed by atoms with Crippen molar-refractivity contribution in [1.82, 2.24) is 0 Å². The number of halogens is 1. The van der Waals surface area contributed by atoms with E-state index in [1.165, 1.54) is 0 Å². The lowest BCUT2D eigenvalue weighted by molar-refractivity contribution is 0.0901. The van der Waals surface area contributed by atoms with E-state index in [4.69, 9.17) is 14.8 Å². The van der Waals surface area contributed by atoms with Crippen LogP contribution in [0.25, 0.3) is 0 Å². The highest BCUT2D eigenvalue weighted by Gasteiger charge is 1.91. The molecule has 0 aliphatic heterocycles. The van der Waals surface area contributed by atoms with Crippen LogP contribution in [0.5, 0.6) is 0 Å². The Bertz CT molecular complexity index is 49.7. The van der Waals surface area contributed by atoms with E-state index in [1.807, 2.05) is 13.8 Å². The highest BCUT2D eigenvalue weighted by atomic mass is 35.6. The molecule has 0 bridgehead atoms. The molecule has 0 aromatic rings. The van der Waals surface area contributed by atoms with E-state index in [9.17, 15) is 0 Å². The first-order chi connectivity index (χ1) is 3.77. The molecule has 8 heavy (non-hydrogen) atoms. The largest absolute Gasteiger partial charge is 0.380 e. The molecule has 47 valence electrons. The number of hydrogen-bond donors (Lipinski definition) is 0. The quantitative estimate of drug-likeness (QED) is 0.437. The van der Waals surface area contributed by atoms with E-state index in [-0.39, 0.29) is 14.3 Å². The first-order valence-corrected chi connectivity index (χ1v) is 5.37. The van der Waals surface area contributed by atoms with Gasteiger partial charge in [0.15, 0.2) is 0 Å². The monoisotopic (exact) mass is 149 g/mol. The average Bonchev–Trinajstić information content (AvgIpc) is 1.66. The molecular weight excluding hydrogens is 138 g/mol. The van der Waals surface area contributed by atoms with Crippen molar-refractivity contribution in [3.8, 4) is 0 Å². The van der Waals surface area contributed by atoms with Crippen LogP contribution in [0.1, 0.15) is 13.8 Å². The summed E-state index contributed by atoms with van der Waals surface area (Å²) in [6.07, 6.45) is 0.359. The second-order valence-corrected chi connectivity index (χ2v) is 3.67. The van der Waals surface area contributed by atoms with Crippen LogP contribution in [0.15, 0.2) is 0 Å². The zero-order valence-corrected chi connectivity index (χ0v) is 7.27. The highest BCUT2D eigenvalue weighted by molar-refractivity contribution is 6.93. The first-order valence-electron chi connectivity index (χ1n) is 2.81. The summed E-state index contributed by atoms with van der Waals surface area (Å²) in [5.41, 5.74) is 0. The minimum Gasteiger partial charge on any atom is -0.380 e. The van der Waals surface area contributed by atoms with Gasteiger partial charge < -0.3 is 4.74 Å². The molecule has 0 saturated heterocycles. The molecule has 0 heterocycles. The molecule has 0 aromatic heterocycles. The molecule has 0 unspecified atom stereocenters. The van der Waals surface area contributed by atoms with Gasteiger partial charge in [-0.25, -0.2) is 0 Å². The van der Waals surface area contributed by atoms with Gasteiger partial charge in [-0.1, -0.05) is 5.28 Å². The van der Waals surface area contributed by atoms with Crippen molar-refractivity contribution in [2.24, 2.45) is 0 Å². The molecule has 1 radical (unpaired) electrons. The van der Waals surface area contributed by atoms with Gasteiger partial charge in [0.05, 0.1) is 6.10 Å². The second kappa shape index (κ2) is 5.91. The van der Waals surface area contributed by atoms with Gasteiger partial charge in [0, 0.05) is 6.61 Å². The molecule has 0 N–H and O–H groups in total. The Balaban J connectivity index is 2.72. The fraction of sp³-hybridized carbons (Fsp3) is 1.00. The van der Waals surface area contributed by atoms with Crippen LogP contribution in [0.4, 0.5) is 0 Å². The van der Waals surface area contributed by atoms with Crippen LogP contribution in [0, 0.1) is 0 Å². The molecule has 0 atom stereocenters. The summed E-state index contributed by atoms with van der Waals surface area (Å²) < 4.78 is 5.22. The van der Waals surface area contributed by atoms with Crippen LogP contribution in [0.3, 0.4) is 0 Å². The minimum atomic E-state index is 0.111. The lowest BCUT2D eigenvalue weighted by Crippen LogP contribution is -2.03. The Labute approximate surface area is 61.3 Å². The summed E-state index contributed by atoms with van der Waals surface area (Å²) in [6.45, 7) is 4.89. The van der Waals surface area contributed by atoms with E-state index < -0.39 is 0 Å². The Morgan fingerprint density at radius 2 is 2.25 bits per heavy atom. The first kappa shape index (κ1) is 8.78. The Morgan fingerprint density at radius 3 is 2.62 bits per heavy atom. The summed E-state index contributed by atoms with van der Waals surface area (Å²) in [7, 11) is 5.49. The van der Waals surface area contributed by atoms with E-state index in [0.717, 1.165) is 11.9 Å².